The fourth-order valence-corrected chi connectivity index (χ4v) is 4.06. The molecule has 1 aliphatic rings. The molecule has 0 bridgehead atoms. The Morgan fingerprint density at radius 2 is 2.00 bits per heavy atom. The van der Waals surface area contributed by atoms with Crippen molar-refractivity contribution < 1.29 is 8.42 Å². The molecule has 0 spiro atoms. The molecular formula is C19H33IN4O2S. The quantitative estimate of drug-likeness (QED) is 0.299. The van der Waals surface area contributed by atoms with E-state index in [9.17, 15) is 8.42 Å². The second kappa shape index (κ2) is 11.9. The second-order valence-corrected chi connectivity index (χ2v) is 8.81. The number of aliphatic imine (C=N–C) groups is 1. The zero-order chi connectivity index (χ0) is 19.0. The van der Waals surface area contributed by atoms with E-state index in [1.165, 1.54) is 44.6 Å². The third-order valence-corrected chi connectivity index (χ3v) is 5.94. The number of primary sulfonamides is 1. The summed E-state index contributed by atoms with van der Waals surface area (Å²) in [6.07, 6.45) is 9.31. The van der Waals surface area contributed by atoms with Crippen LogP contribution in [0, 0.1) is 5.92 Å². The number of rotatable bonds is 7. The van der Waals surface area contributed by atoms with E-state index in [1.54, 1.807) is 19.2 Å². The van der Waals surface area contributed by atoms with Gasteiger partial charge in [0.05, 0.1) is 4.90 Å². The van der Waals surface area contributed by atoms with Crippen LogP contribution in [-0.2, 0) is 16.6 Å². The molecule has 0 amide bonds. The molecule has 0 saturated heterocycles. The van der Waals surface area contributed by atoms with Crippen LogP contribution in [0.5, 0.6) is 0 Å². The number of guanidine groups is 1. The maximum absolute atomic E-state index is 11.4. The van der Waals surface area contributed by atoms with E-state index < -0.39 is 10.0 Å². The number of benzene rings is 1. The summed E-state index contributed by atoms with van der Waals surface area (Å²) in [6, 6.07) is 6.99. The largest absolute Gasteiger partial charge is 0.354 e. The van der Waals surface area contributed by atoms with Crippen molar-refractivity contribution in [3.05, 3.63) is 29.8 Å². The molecule has 1 aliphatic carbocycles. The molecule has 0 radical (unpaired) electrons. The van der Waals surface area contributed by atoms with Crippen LogP contribution in [0.3, 0.4) is 0 Å². The summed E-state index contributed by atoms with van der Waals surface area (Å²) in [6.45, 7) is 2.66. The SMILES string of the molecule is CN=C(NCc1cccc(S(N)(=O)=O)c1)NC(C)CCC1CCCCC1.I. The van der Waals surface area contributed by atoms with Crippen molar-refractivity contribution in [1.29, 1.82) is 0 Å². The zero-order valence-corrected chi connectivity index (χ0v) is 19.4. The first-order chi connectivity index (χ1) is 12.4. The minimum Gasteiger partial charge on any atom is -0.354 e. The van der Waals surface area contributed by atoms with Gasteiger partial charge in [0.25, 0.3) is 0 Å². The summed E-state index contributed by atoms with van der Waals surface area (Å²) in [4.78, 5) is 4.39. The molecule has 0 aromatic heterocycles. The monoisotopic (exact) mass is 508 g/mol. The van der Waals surface area contributed by atoms with Crippen LogP contribution in [-0.4, -0.2) is 27.5 Å². The van der Waals surface area contributed by atoms with Crippen LogP contribution in [0.15, 0.2) is 34.2 Å². The van der Waals surface area contributed by atoms with E-state index in [4.69, 9.17) is 5.14 Å². The summed E-state index contributed by atoms with van der Waals surface area (Å²) in [5.41, 5.74) is 0.842. The van der Waals surface area contributed by atoms with Gasteiger partial charge in [-0.3, -0.25) is 4.99 Å². The number of sulfonamides is 1. The first-order valence-corrected chi connectivity index (χ1v) is 11.0. The van der Waals surface area contributed by atoms with Gasteiger partial charge in [0.15, 0.2) is 5.96 Å². The van der Waals surface area contributed by atoms with Crippen molar-refractivity contribution in [1.82, 2.24) is 10.6 Å². The molecule has 0 heterocycles. The summed E-state index contributed by atoms with van der Waals surface area (Å²) in [7, 11) is -1.94. The Bertz CT molecular complexity index is 703. The van der Waals surface area contributed by atoms with E-state index in [2.05, 4.69) is 22.5 Å². The molecule has 1 fully saturated rings. The number of nitrogens with zero attached hydrogens (tertiary/aromatic N) is 1. The highest BCUT2D eigenvalue weighted by Crippen LogP contribution is 2.27. The van der Waals surface area contributed by atoms with Crippen LogP contribution in [0.1, 0.15) is 57.4 Å². The first kappa shape index (κ1) is 24.2. The Balaban J connectivity index is 0.00000364. The van der Waals surface area contributed by atoms with Crippen LogP contribution in [0.4, 0.5) is 0 Å². The van der Waals surface area contributed by atoms with Crippen molar-refractivity contribution >= 4 is 40.0 Å². The molecule has 27 heavy (non-hydrogen) atoms. The molecule has 1 aromatic rings. The van der Waals surface area contributed by atoms with Gasteiger partial charge < -0.3 is 10.6 Å². The topological polar surface area (TPSA) is 96.6 Å². The maximum atomic E-state index is 11.4. The van der Waals surface area contributed by atoms with E-state index in [0.29, 0.717) is 12.6 Å². The first-order valence-electron chi connectivity index (χ1n) is 9.47. The normalized spacial score (nSPS) is 17.1. The van der Waals surface area contributed by atoms with Gasteiger partial charge in [-0.25, -0.2) is 13.6 Å². The highest BCUT2D eigenvalue weighted by Gasteiger charge is 2.15. The Labute approximate surface area is 180 Å². The smallest absolute Gasteiger partial charge is 0.238 e. The number of nitrogens with two attached hydrogens (primary N) is 1. The molecular weight excluding hydrogens is 475 g/mol. The average molecular weight is 508 g/mol. The van der Waals surface area contributed by atoms with Crippen LogP contribution < -0.4 is 15.8 Å². The molecule has 1 saturated carbocycles. The highest BCUT2D eigenvalue weighted by molar-refractivity contribution is 14.0. The molecule has 1 unspecified atom stereocenters. The standard InChI is InChI=1S/C19H32N4O2S.HI/c1-15(11-12-16-7-4-3-5-8-16)23-19(21-2)22-14-17-9-6-10-18(13-17)26(20,24)25;/h6,9-10,13,15-16H,3-5,7-8,11-12,14H2,1-2H3,(H2,20,24,25)(H2,21,22,23);1H. The number of halogens is 1. The van der Waals surface area contributed by atoms with E-state index in [0.717, 1.165) is 23.9 Å². The number of hydrogen-bond acceptors (Lipinski definition) is 3. The lowest BCUT2D eigenvalue weighted by Gasteiger charge is -2.24. The second-order valence-electron chi connectivity index (χ2n) is 7.24. The maximum Gasteiger partial charge on any atom is 0.238 e. The van der Waals surface area contributed by atoms with Gasteiger partial charge in [-0.05, 0) is 43.4 Å². The van der Waals surface area contributed by atoms with Crippen molar-refractivity contribution in [3.8, 4) is 0 Å². The predicted octanol–water partition coefficient (Wildman–Crippen LogP) is 3.37. The third kappa shape index (κ3) is 8.78. The van der Waals surface area contributed by atoms with E-state index in [-0.39, 0.29) is 28.9 Å². The Morgan fingerprint density at radius 1 is 1.30 bits per heavy atom. The van der Waals surface area contributed by atoms with Gasteiger partial charge in [-0.15, -0.1) is 24.0 Å². The molecule has 8 heteroatoms. The molecule has 6 nitrogen and oxygen atoms in total. The number of nitrogens with one attached hydrogen (secondary N) is 2. The lowest BCUT2D eigenvalue weighted by molar-refractivity contribution is 0.322. The Hall–Kier alpha value is -0.870. The van der Waals surface area contributed by atoms with Gasteiger partial charge in [0.2, 0.25) is 10.0 Å². The minimum absolute atomic E-state index is 0. The van der Waals surface area contributed by atoms with Crippen molar-refractivity contribution in [2.45, 2.75) is 69.4 Å². The Morgan fingerprint density at radius 3 is 2.63 bits per heavy atom. The fraction of sp³-hybridized carbons (Fsp3) is 0.632. The van der Waals surface area contributed by atoms with Crippen molar-refractivity contribution in [3.63, 3.8) is 0 Å². The highest BCUT2D eigenvalue weighted by atomic mass is 127. The summed E-state index contributed by atoms with van der Waals surface area (Å²) < 4.78 is 22.9. The predicted molar refractivity (Wildman–Crippen MR) is 122 cm³/mol. The molecule has 4 N–H and O–H groups in total. The third-order valence-electron chi connectivity index (χ3n) is 5.03. The van der Waals surface area contributed by atoms with Crippen LogP contribution in [0.2, 0.25) is 0 Å². The van der Waals surface area contributed by atoms with Crippen molar-refractivity contribution in [2.24, 2.45) is 16.0 Å². The van der Waals surface area contributed by atoms with Crippen LogP contribution in [0.25, 0.3) is 0 Å². The van der Waals surface area contributed by atoms with Gasteiger partial charge in [0.1, 0.15) is 0 Å². The summed E-state index contributed by atoms with van der Waals surface area (Å²) >= 11 is 0. The minimum atomic E-state index is -3.68. The van der Waals surface area contributed by atoms with Gasteiger partial charge in [-0.1, -0.05) is 44.2 Å². The molecule has 0 aliphatic heterocycles. The van der Waals surface area contributed by atoms with Crippen molar-refractivity contribution in [2.75, 3.05) is 7.05 Å². The lowest BCUT2D eigenvalue weighted by atomic mass is 9.85. The van der Waals surface area contributed by atoms with E-state index in [1.807, 2.05) is 6.07 Å². The average Bonchev–Trinajstić information content (AvgIpc) is 2.64. The molecule has 1 aromatic carbocycles. The zero-order valence-electron chi connectivity index (χ0n) is 16.3. The van der Waals surface area contributed by atoms with Gasteiger partial charge in [0, 0.05) is 19.6 Å². The lowest BCUT2D eigenvalue weighted by Crippen LogP contribution is -2.42. The molecule has 2 rings (SSSR count). The summed E-state index contributed by atoms with van der Waals surface area (Å²) in [5, 5.41) is 11.8. The summed E-state index contributed by atoms with van der Waals surface area (Å²) in [5.74, 6) is 1.60. The van der Waals surface area contributed by atoms with Crippen LogP contribution >= 0.6 is 24.0 Å². The molecule has 154 valence electrons. The Kier molecular flexibility index (Phi) is 10.6. The van der Waals surface area contributed by atoms with Gasteiger partial charge >= 0.3 is 0 Å². The fourth-order valence-electron chi connectivity index (χ4n) is 3.48. The number of hydrogen-bond donors (Lipinski definition) is 3. The van der Waals surface area contributed by atoms with E-state index >= 15 is 0 Å². The molecule has 1 atom stereocenters. The van der Waals surface area contributed by atoms with Gasteiger partial charge in [-0.2, -0.15) is 0 Å².